The molecule has 3 aromatic rings. The molecule has 4 atom stereocenters. The minimum atomic E-state index is -0.162. The van der Waals surface area contributed by atoms with Crippen molar-refractivity contribution in [3.05, 3.63) is 47.7 Å². The first-order chi connectivity index (χ1) is 19.4. The van der Waals surface area contributed by atoms with Crippen LogP contribution in [0.25, 0.3) is 11.3 Å². The number of methoxy groups -OCH3 is 5. The number of amides is 1. The van der Waals surface area contributed by atoms with Gasteiger partial charge in [0.25, 0.3) is 5.91 Å². The van der Waals surface area contributed by atoms with Gasteiger partial charge in [-0.25, -0.2) is 0 Å². The Labute approximate surface area is 235 Å². The third-order valence-electron chi connectivity index (χ3n) is 8.28. The average molecular weight is 551 g/mol. The topological polar surface area (TPSA) is 96.3 Å². The molecule has 0 saturated carbocycles. The van der Waals surface area contributed by atoms with E-state index in [-0.39, 0.29) is 5.91 Å². The van der Waals surface area contributed by atoms with Crippen molar-refractivity contribution in [2.75, 3.05) is 55.2 Å². The van der Waals surface area contributed by atoms with Gasteiger partial charge >= 0.3 is 0 Å². The number of carbonyl (C=O) groups excluding carboxylic acids is 1. The Morgan fingerprint density at radius 1 is 0.925 bits per heavy atom. The summed E-state index contributed by atoms with van der Waals surface area (Å²) in [4.78, 5) is 15.6. The van der Waals surface area contributed by atoms with Gasteiger partial charge in [-0.15, -0.1) is 0 Å². The van der Waals surface area contributed by atoms with Crippen LogP contribution in [-0.2, 0) is 7.05 Å². The molecule has 0 spiro atoms. The highest BCUT2D eigenvalue weighted by Gasteiger charge is 2.42. The molecule has 3 saturated heterocycles. The SMILES string of the molecule is COc1ccc(-c2cc(C3CN4CCC3CC4CNC(=O)c3cc(OC)c(OC)c(OC)c3)n(C)n2)cc1OC. The summed E-state index contributed by atoms with van der Waals surface area (Å²) in [6, 6.07) is 11.7. The van der Waals surface area contributed by atoms with Crippen molar-refractivity contribution in [3.63, 3.8) is 0 Å². The van der Waals surface area contributed by atoms with Crippen LogP contribution in [0, 0.1) is 5.92 Å². The number of carbonyl (C=O) groups is 1. The maximum atomic E-state index is 13.1. The molecule has 2 aromatic carbocycles. The van der Waals surface area contributed by atoms with E-state index in [2.05, 4.69) is 16.3 Å². The molecular weight excluding hydrogens is 512 g/mol. The van der Waals surface area contributed by atoms with Crippen molar-refractivity contribution < 1.29 is 28.5 Å². The van der Waals surface area contributed by atoms with Gasteiger partial charge in [0.15, 0.2) is 23.0 Å². The van der Waals surface area contributed by atoms with Gasteiger partial charge in [0.05, 0.1) is 41.2 Å². The minimum absolute atomic E-state index is 0.162. The predicted molar refractivity (Wildman–Crippen MR) is 151 cm³/mol. The van der Waals surface area contributed by atoms with Crippen LogP contribution in [0.2, 0.25) is 0 Å². The number of rotatable bonds is 10. The number of fused-ring (bicyclic) bond motifs is 3. The Hall–Kier alpha value is -3.92. The van der Waals surface area contributed by atoms with Crippen LogP contribution >= 0.6 is 0 Å². The molecule has 3 fully saturated rings. The fourth-order valence-electron chi connectivity index (χ4n) is 6.18. The fraction of sp³-hybridized carbons (Fsp3) is 0.467. The first-order valence-electron chi connectivity index (χ1n) is 13.5. The molecule has 40 heavy (non-hydrogen) atoms. The molecule has 1 amide bonds. The lowest BCUT2D eigenvalue weighted by molar-refractivity contribution is 0.0280. The molecule has 214 valence electrons. The van der Waals surface area contributed by atoms with Gasteiger partial charge in [-0.2, -0.15) is 5.10 Å². The highest BCUT2D eigenvalue weighted by molar-refractivity contribution is 5.95. The summed E-state index contributed by atoms with van der Waals surface area (Å²) in [7, 11) is 9.92. The highest BCUT2D eigenvalue weighted by atomic mass is 16.5. The molecule has 10 heteroatoms. The van der Waals surface area contributed by atoms with Crippen molar-refractivity contribution in [2.24, 2.45) is 13.0 Å². The smallest absolute Gasteiger partial charge is 0.251 e. The number of aryl methyl sites for hydroxylation is 1. The summed E-state index contributed by atoms with van der Waals surface area (Å²) in [6.07, 6.45) is 2.16. The van der Waals surface area contributed by atoms with Gasteiger partial charge in [-0.1, -0.05) is 0 Å². The molecule has 4 unspecified atom stereocenters. The minimum Gasteiger partial charge on any atom is -0.493 e. The Balaban J connectivity index is 1.26. The Morgan fingerprint density at radius 3 is 2.23 bits per heavy atom. The maximum Gasteiger partial charge on any atom is 0.251 e. The molecule has 6 rings (SSSR count). The second-order valence-corrected chi connectivity index (χ2v) is 10.3. The van der Waals surface area contributed by atoms with Crippen LogP contribution in [0.5, 0.6) is 28.7 Å². The fourth-order valence-corrected chi connectivity index (χ4v) is 6.18. The molecule has 0 aliphatic carbocycles. The van der Waals surface area contributed by atoms with Gasteiger partial charge in [0.1, 0.15) is 0 Å². The van der Waals surface area contributed by atoms with E-state index < -0.39 is 0 Å². The zero-order valence-corrected chi connectivity index (χ0v) is 24.0. The second kappa shape index (κ2) is 11.7. The number of ether oxygens (including phenoxy) is 5. The zero-order chi connectivity index (χ0) is 28.4. The number of nitrogens with one attached hydrogen (secondary N) is 1. The summed E-state index contributed by atoms with van der Waals surface area (Å²) in [5.74, 6) is 3.52. The summed E-state index contributed by atoms with van der Waals surface area (Å²) in [5.41, 5.74) is 3.62. The second-order valence-electron chi connectivity index (χ2n) is 10.3. The number of benzene rings is 2. The van der Waals surface area contributed by atoms with Crippen LogP contribution < -0.4 is 29.0 Å². The average Bonchev–Trinajstić information content (AvgIpc) is 3.39. The number of piperidine rings is 3. The van der Waals surface area contributed by atoms with Gasteiger partial charge in [-0.3, -0.25) is 14.4 Å². The first-order valence-corrected chi connectivity index (χ1v) is 13.5. The van der Waals surface area contributed by atoms with Crippen LogP contribution in [-0.4, -0.2) is 81.8 Å². The van der Waals surface area contributed by atoms with Gasteiger partial charge in [-0.05, 0) is 61.7 Å². The van der Waals surface area contributed by atoms with Crippen molar-refractivity contribution >= 4 is 5.91 Å². The van der Waals surface area contributed by atoms with E-state index in [1.165, 1.54) is 5.69 Å². The summed E-state index contributed by atoms with van der Waals surface area (Å²) >= 11 is 0. The van der Waals surface area contributed by atoms with E-state index in [1.54, 1.807) is 47.7 Å². The Morgan fingerprint density at radius 2 is 1.62 bits per heavy atom. The number of aromatic nitrogens is 2. The van der Waals surface area contributed by atoms with Gasteiger partial charge in [0.2, 0.25) is 5.75 Å². The third-order valence-corrected chi connectivity index (χ3v) is 8.28. The van der Waals surface area contributed by atoms with Crippen LogP contribution in [0.1, 0.15) is 34.8 Å². The molecule has 1 N–H and O–H groups in total. The van der Waals surface area contributed by atoms with E-state index in [0.29, 0.717) is 58.7 Å². The molecule has 4 heterocycles. The number of hydrogen-bond acceptors (Lipinski definition) is 8. The standard InChI is InChI=1S/C30H38N4O6/c1-33-24(15-23(32-33)19-7-8-25(36-2)26(12-19)37-3)22-17-34-10-9-18(22)11-21(34)16-31-30(35)20-13-27(38-4)29(40-6)28(14-20)39-5/h7-8,12-15,18,21-22H,9-11,16-17H2,1-6H3,(H,31,35). The molecule has 10 nitrogen and oxygen atoms in total. The van der Waals surface area contributed by atoms with Crippen LogP contribution in [0.3, 0.4) is 0 Å². The Bertz CT molecular complexity index is 1350. The highest BCUT2D eigenvalue weighted by Crippen LogP contribution is 2.43. The maximum absolute atomic E-state index is 13.1. The van der Waals surface area contributed by atoms with Gasteiger partial charge in [0, 0.05) is 48.9 Å². The third kappa shape index (κ3) is 5.15. The summed E-state index contributed by atoms with van der Waals surface area (Å²) < 4.78 is 29.1. The van der Waals surface area contributed by atoms with Crippen molar-refractivity contribution in [1.82, 2.24) is 20.0 Å². The lowest BCUT2D eigenvalue weighted by Gasteiger charge is -2.50. The van der Waals surface area contributed by atoms with Crippen molar-refractivity contribution in [1.29, 1.82) is 0 Å². The lowest BCUT2D eigenvalue weighted by Crippen LogP contribution is -2.56. The summed E-state index contributed by atoms with van der Waals surface area (Å²) in [6.45, 7) is 2.56. The number of hydrogen-bond donors (Lipinski definition) is 1. The van der Waals surface area contributed by atoms with E-state index in [0.717, 1.165) is 37.2 Å². The first kappa shape index (κ1) is 27.6. The normalized spacial score (nSPS) is 21.6. The molecule has 0 radical (unpaired) electrons. The van der Waals surface area contributed by atoms with Gasteiger partial charge < -0.3 is 29.0 Å². The quantitative estimate of drug-likeness (QED) is 0.408. The largest absolute Gasteiger partial charge is 0.493 e. The van der Waals surface area contributed by atoms with E-state index in [4.69, 9.17) is 28.8 Å². The van der Waals surface area contributed by atoms with E-state index in [9.17, 15) is 4.79 Å². The molecule has 2 bridgehead atoms. The van der Waals surface area contributed by atoms with E-state index >= 15 is 0 Å². The van der Waals surface area contributed by atoms with Crippen LogP contribution in [0.15, 0.2) is 36.4 Å². The molecule has 3 aliphatic heterocycles. The zero-order valence-electron chi connectivity index (χ0n) is 24.0. The molecular formula is C30H38N4O6. The molecule has 1 aromatic heterocycles. The molecule has 3 aliphatic rings. The number of nitrogens with zero attached hydrogens (tertiary/aromatic N) is 3. The van der Waals surface area contributed by atoms with E-state index in [1.807, 2.05) is 29.9 Å². The summed E-state index contributed by atoms with van der Waals surface area (Å²) in [5, 5.41) is 7.97. The predicted octanol–water partition coefficient (Wildman–Crippen LogP) is 3.74. The van der Waals surface area contributed by atoms with Crippen LogP contribution in [0.4, 0.5) is 0 Å². The Kier molecular flexibility index (Phi) is 8.07. The monoisotopic (exact) mass is 550 g/mol. The lowest BCUT2D eigenvalue weighted by atomic mass is 9.74. The van der Waals surface area contributed by atoms with Crippen molar-refractivity contribution in [2.45, 2.75) is 24.8 Å². The van der Waals surface area contributed by atoms with Crippen molar-refractivity contribution in [3.8, 4) is 40.0 Å².